The van der Waals surface area contributed by atoms with Crippen molar-refractivity contribution in [1.29, 1.82) is 0 Å². The van der Waals surface area contributed by atoms with E-state index in [1.165, 1.54) is 22.7 Å². The summed E-state index contributed by atoms with van der Waals surface area (Å²) in [6.07, 6.45) is 4.48. The molecular formula is C8H14I2O2Si. The predicted molar refractivity (Wildman–Crippen MR) is 75.7 cm³/mol. The van der Waals surface area contributed by atoms with Gasteiger partial charge < -0.3 is 4.74 Å². The Labute approximate surface area is 110 Å². The van der Waals surface area contributed by atoms with Gasteiger partial charge >= 0.3 is 5.97 Å². The Hall–Kier alpha value is 0.887. The zero-order valence-electron chi connectivity index (χ0n) is 7.69. The first-order valence-corrected chi connectivity index (χ1v) is 7.28. The van der Waals surface area contributed by atoms with Gasteiger partial charge in [-0.3, -0.25) is 0 Å². The summed E-state index contributed by atoms with van der Waals surface area (Å²) in [6.45, 7) is 3.85. The molecule has 2 nitrogen and oxygen atoms in total. The Kier molecular flexibility index (Phi) is 7.71. The molecule has 0 aliphatic rings. The maximum atomic E-state index is 10.6. The molecule has 0 atom stereocenters. The summed E-state index contributed by atoms with van der Waals surface area (Å²) in [4.78, 5) is 10.6. The van der Waals surface area contributed by atoms with Gasteiger partial charge in [0, 0.05) is 16.3 Å². The second-order valence-corrected chi connectivity index (χ2v) is 15.5. The Bertz CT molecular complexity index is 177. The topological polar surface area (TPSA) is 26.3 Å². The summed E-state index contributed by atoms with van der Waals surface area (Å²) in [5, 5.41) is 0. The summed E-state index contributed by atoms with van der Waals surface area (Å²) in [7, 11) is 1.19. The van der Waals surface area contributed by atoms with Crippen molar-refractivity contribution in [2.45, 2.75) is 20.3 Å². The summed E-state index contributed by atoms with van der Waals surface area (Å²) < 4.78 is 5.31. The number of rotatable bonds is 6. The minimum atomic E-state index is -0.318. The molecule has 0 aliphatic carbocycles. The second-order valence-electron chi connectivity index (χ2n) is 2.90. The molecule has 0 radical (unpaired) electrons. The third kappa shape index (κ3) is 10.8. The van der Waals surface area contributed by atoms with E-state index in [2.05, 4.69) is 51.8 Å². The number of ether oxygens (including phenoxy) is 1. The van der Waals surface area contributed by atoms with Crippen LogP contribution in [-0.4, -0.2) is 23.9 Å². The fraction of sp³-hybridized carbons (Fsp3) is 0.625. The molecule has 0 heterocycles. The Morgan fingerprint density at radius 2 is 2.15 bits per heavy atom. The monoisotopic (exact) mass is 424 g/mol. The first-order valence-electron chi connectivity index (χ1n) is 4.13. The fourth-order valence-corrected chi connectivity index (χ4v) is 1.89. The summed E-state index contributed by atoms with van der Waals surface area (Å²) in [6, 6.07) is 0. The average Bonchev–Trinajstić information content (AvgIpc) is 2.01. The molecule has 13 heavy (non-hydrogen) atoms. The predicted octanol–water partition coefficient (Wildman–Crippen LogP) is 1.78. The summed E-state index contributed by atoms with van der Waals surface area (Å²) in [5.74, 6) is -0.318. The van der Waals surface area contributed by atoms with Crippen LogP contribution in [0.25, 0.3) is 0 Å². The van der Waals surface area contributed by atoms with Crippen molar-refractivity contribution in [2.24, 2.45) is 0 Å². The van der Waals surface area contributed by atoms with Crippen molar-refractivity contribution < 1.29 is 9.53 Å². The summed E-state index contributed by atoms with van der Waals surface area (Å²) >= 11 is 4.95. The van der Waals surface area contributed by atoms with Crippen LogP contribution in [0.1, 0.15) is 19.3 Å². The smallest absolute Gasteiger partial charge is 0.330 e. The van der Waals surface area contributed by atoms with Crippen molar-refractivity contribution in [3.63, 3.8) is 0 Å². The van der Waals surface area contributed by atoms with E-state index in [9.17, 15) is 4.79 Å². The van der Waals surface area contributed by atoms with Gasteiger partial charge in [-0.05, 0) is 19.3 Å². The molecular weight excluding hydrogens is 410 g/mol. The van der Waals surface area contributed by atoms with E-state index in [0.29, 0.717) is 7.66 Å². The molecule has 0 unspecified atom stereocenters. The SMILES string of the molecule is C=CC(=O)OCCCCC([SiH3])(I)I. The van der Waals surface area contributed by atoms with Gasteiger partial charge in [-0.25, -0.2) is 4.79 Å². The molecule has 0 aromatic rings. The number of hydrogen-bond donors (Lipinski definition) is 0. The van der Waals surface area contributed by atoms with Gasteiger partial charge in [0.1, 0.15) is 0 Å². The maximum Gasteiger partial charge on any atom is 0.330 e. The van der Waals surface area contributed by atoms with Gasteiger partial charge in [-0.2, -0.15) is 0 Å². The van der Waals surface area contributed by atoms with E-state index in [1.54, 1.807) is 0 Å². The highest BCUT2D eigenvalue weighted by Gasteiger charge is 2.13. The van der Waals surface area contributed by atoms with E-state index >= 15 is 0 Å². The molecule has 0 amide bonds. The maximum absolute atomic E-state index is 10.6. The normalized spacial score (nSPS) is 11.2. The van der Waals surface area contributed by atoms with Crippen LogP contribution in [0.5, 0.6) is 0 Å². The van der Waals surface area contributed by atoms with Gasteiger partial charge in [0.15, 0.2) is 0 Å². The highest BCUT2D eigenvalue weighted by molar-refractivity contribution is 14.2. The van der Waals surface area contributed by atoms with Crippen molar-refractivity contribution in [2.75, 3.05) is 6.61 Å². The molecule has 0 fully saturated rings. The van der Waals surface area contributed by atoms with Crippen LogP contribution in [0.4, 0.5) is 0 Å². The van der Waals surface area contributed by atoms with Gasteiger partial charge in [-0.15, -0.1) is 0 Å². The molecule has 0 aliphatic heterocycles. The number of carbonyl (C=O) groups is 1. The summed E-state index contributed by atoms with van der Waals surface area (Å²) in [5.41, 5.74) is 0. The van der Waals surface area contributed by atoms with E-state index < -0.39 is 0 Å². The lowest BCUT2D eigenvalue weighted by atomic mass is 10.3. The molecule has 0 aromatic carbocycles. The standard InChI is InChI=1S/C8H14I2O2Si/c1-2-7(11)12-6-4-3-5-8(9,10)13/h2H,1,3-6H2,13H3. The molecule has 0 bridgehead atoms. The minimum absolute atomic E-state index is 0.318. The van der Waals surface area contributed by atoms with Crippen molar-refractivity contribution in [1.82, 2.24) is 0 Å². The largest absolute Gasteiger partial charge is 0.463 e. The molecule has 0 saturated heterocycles. The molecule has 0 rings (SSSR count). The van der Waals surface area contributed by atoms with Crippen molar-refractivity contribution in [3.05, 3.63) is 12.7 Å². The Balaban J connectivity index is 3.27. The molecule has 0 N–H and O–H groups in total. The van der Waals surface area contributed by atoms with Gasteiger partial charge in [0.25, 0.3) is 0 Å². The quantitative estimate of drug-likeness (QED) is 0.162. The van der Waals surface area contributed by atoms with Crippen LogP contribution >= 0.6 is 45.2 Å². The van der Waals surface area contributed by atoms with Gasteiger partial charge in [0.05, 0.1) is 7.66 Å². The van der Waals surface area contributed by atoms with Crippen LogP contribution in [0.15, 0.2) is 12.7 Å². The number of hydrogen-bond acceptors (Lipinski definition) is 2. The second kappa shape index (κ2) is 7.21. The third-order valence-electron chi connectivity index (χ3n) is 1.42. The first kappa shape index (κ1) is 13.9. The molecule has 0 saturated carbocycles. The Morgan fingerprint density at radius 1 is 1.54 bits per heavy atom. The van der Waals surface area contributed by atoms with Gasteiger partial charge in [0.2, 0.25) is 0 Å². The van der Waals surface area contributed by atoms with Crippen molar-refractivity contribution in [3.8, 4) is 0 Å². The van der Waals surface area contributed by atoms with E-state index in [0.717, 1.165) is 12.8 Å². The number of carbonyl (C=O) groups excluding carboxylic acids is 1. The zero-order chi connectivity index (χ0) is 10.3. The molecule has 5 heteroatoms. The highest BCUT2D eigenvalue weighted by Crippen LogP contribution is 2.28. The van der Waals surface area contributed by atoms with E-state index in [4.69, 9.17) is 4.74 Å². The number of unbranched alkanes of at least 4 members (excludes halogenated alkanes) is 1. The zero-order valence-corrected chi connectivity index (χ0v) is 14.0. The van der Waals surface area contributed by atoms with Crippen LogP contribution in [0.2, 0.25) is 0 Å². The van der Waals surface area contributed by atoms with Crippen LogP contribution in [0.3, 0.4) is 0 Å². The first-order chi connectivity index (χ1) is 5.95. The lowest BCUT2D eigenvalue weighted by molar-refractivity contribution is -0.137. The van der Waals surface area contributed by atoms with Gasteiger partial charge in [-0.1, -0.05) is 51.8 Å². The lowest BCUT2D eigenvalue weighted by Gasteiger charge is -2.13. The number of esters is 1. The fourth-order valence-electron chi connectivity index (χ4n) is 0.769. The minimum Gasteiger partial charge on any atom is -0.463 e. The third-order valence-corrected chi connectivity index (χ3v) is 3.00. The van der Waals surface area contributed by atoms with Crippen LogP contribution in [0, 0.1) is 0 Å². The lowest BCUT2D eigenvalue weighted by Crippen LogP contribution is -2.10. The Morgan fingerprint density at radius 3 is 2.62 bits per heavy atom. The average molecular weight is 424 g/mol. The van der Waals surface area contributed by atoms with Crippen molar-refractivity contribution >= 4 is 61.4 Å². The van der Waals surface area contributed by atoms with Crippen LogP contribution < -0.4 is 0 Å². The molecule has 0 aromatic heterocycles. The number of halogens is 2. The molecule has 0 spiro atoms. The van der Waals surface area contributed by atoms with Crippen LogP contribution in [-0.2, 0) is 9.53 Å². The van der Waals surface area contributed by atoms with E-state index in [-0.39, 0.29) is 5.97 Å². The molecule has 76 valence electrons. The van der Waals surface area contributed by atoms with E-state index in [1.807, 2.05) is 0 Å². The number of alkyl halides is 2. The highest BCUT2D eigenvalue weighted by atomic mass is 127.